The molecule has 1 amide bonds. The molecule has 2 aromatic carbocycles. The number of carbonyl (C=O) groups is 2. The summed E-state index contributed by atoms with van der Waals surface area (Å²) in [5.74, 6) is 0.227. The van der Waals surface area contributed by atoms with Crippen molar-refractivity contribution in [1.29, 1.82) is 0 Å². The SMILES string of the molecule is COc1cccc(C(=O)Oc2ccc(/C=N/NC(=O)c3ccc(C)nc3)cc2OC)c1. The molecule has 3 aromatic rings. The summed E-state index contributed by atoms with van der Waals surface area (Å²) in [5.41, 5.74) is 4.64. The number of hydrazone groups is 1. The van der Waals surface area contributed by atoms with Crippen LogP contribution in [0.5, 0.6) is 17.2 Å². The average Bonchev–Trinajstić information content (AvgIpc) is 2.80. The van der Waals surface area contributed by atoms with Crippen molar-refractivity contribution in [3.8, 4) is 17.2 Å². The van der Waals surface area contributed by atoms with Gasteiger partial charge in [-0.2, -0.15) is 5.10 Å². The van der Waals surface area contributed by atoms with Crippen LogP contribution in [-0.4, -0.2) is 37.3 Å². The van der Waals surface area contributed by atoms with Crippen LogP contribution in [0.15, 0.2) is 65.9 Å². The zero-order valence-corrected chi connectivity index (χ0v) is 17.3. The van der Waals surface area contributed by atoms with E-state index in [4.69, 9.17) is 14.2 Å². The van der Waals surface area contributed by atoms with Gasteiger partial charge in [0.2, 0.25) is 0 Å². The number of aromatic nitrogens is 1. The van der Waals surface area contributed by atoms with Gasteiger partial charge in [0, 0.05) is 11.9 Å². The lowest BCUT2D eigenvalue weighted by Gasteiger charge is -2.10. The molecule has 0 aliphatic carbocycles. The number of carbonyl (C=O) groups excluding carboxylic acids is 2. The quantitative estimate of drug-likeness (QED) is 0.273. The molecule has 0 saturated carbocycles. The summed E-state index contributed by atoms with van der Waals surface area (Å²) < 4.78 is 15.9. The second-order valence-corrected chi connectivity index (χ2v) is 6.42. The minimum absolute atomic E-state index is 0.252. The van der Waals surface area contributed by atoms with E-state index in [9.17, 15) is 9.59 Å². The maximum Gasteiger partial charge on any atom is 0.343 e. The molecule has 0 atom stereocenters. The first-order chi connectivity index (χ1) is 15.0. The number of hydrogen-bond donors (Lipinski definition) is 1. The zero-order valence-electron chi connectivity index (χ0n) is 17.3. The topological polar surface area (TPSA) is 99.1 Å². The van der Waals surface area contributed by atoms with Gasteiger partial charge in [0.25, 0.3) is 5.91 Å². The highest BCUT2D eigenvalue weighted by Crippen LogP contribution is 2.28. The second-order valence-electron chi connectivity index (χ2n) is 6.42. The van der Waals surface area contributed by atoms with E-state index in [0.717, 1.165) is 5.69 Å². The summed E-state index contributed by atoms with van der Waals surface area (Å²) in [4.78, 5) is 28.6. The molecule has 0 bridgehead atoms. The molecule has 8 heteroatoms. The predicted molar refractivity (Wildman–Crippen MR) is 115 cm³/mol. The van der Waals surface area contributed by atoms with Gasteiger partial charge in [0.15, 0.2) is 11.5 Å². The number of benzene rings is 2. The molecule has 8 nitrogen and oxygen atoms in total. The van der Waals surface area contributed by atoms with Gasteiger partial charge in [0.05, 0.1) is 31.6 Å². The van der Waals surface area contributed by atoms with Crippen molar-refractivity contribution in [2.75, 3.05) is 14.2 Å². The summed E-state index contributed by atoms with van der Waals surface area (Å²) in [5, 5.41) is 3.94. The summed E-state index contributed by atoms with van der Waals surface area (Å²) >= 11 is 0. The highest BCUT2D eigenvalue weighted by Gasteiger charge is 2.13. The molecule has 1 N–H and O–H groups in total. The lowest BCUT2D eigenvalue weighted by Crippen LogP contribution is -2.17. The first-order valence-electron chi connectivity index (χ1n) is 9.30. The summed E-state index contributed by atoms with van der Waals surface area (Å²) in [6.07, 6.45) is 2.93. The highest BCUT2D eigenvalue weighted by molar-refractivity contribution is 5.95. The molecule has 0 saturated heterocycles. The molecule has 3 rings (SSSR count). The van der Waals surface area contributed by atoms with Crippen molar-refractivity contribution >= 4 is 18.1 Å². The molecule has 0 aliphatic rings. The van der Waals surface area contributed by atoms with E-state index in [1.165, 1.54) is 26.6 Å². The first-order valence-corrected chi connectivity index (χ1v) is 9.30. The first kappa shape index (κ1) is 21.5. The third-order valence-corrected chi connectivity index (χ3v) is 4.25. The smallest absolute Gasteiger partial charge is 0.343 e. The van der Waals surface area contributed by atoms with Gasteiger partial charge < -0.3 is 14.2 Å². The predicted octanol–water partition coefficient (Wildman–Crippen LogP) is 3.39. The van der Waals surface area contributed by atoms with Gasteiger partial charge in [-0.1, -0.05) is 6.07 Å². The van der Waals surface area contributed by atoms with Crippen LogP contribution in [0.4, 0.5) is 0 Å². The Morgan fingerprint density at radius 1 is 0.968 bits per heavy atom. The monoisotopic (exact) mass is 419 g/mol. The van der Waals surface area contributed by atoms with Crippen molar-refractivity contribution in [3.05, 3.63) is 83.2 Å². The lowest BCUT2D eigenvalue weighted by molar-refractivity contribution is 0.0729. The van der Waals surface area contributed by atoms with Crippen molar-refractivity contribution in [2.24, 2.45) is 5.10 Å². The number of nitrogens with one attached hydrogen (secondary N) is 1. The standard InChI is InChI=1S/C23H21N3O5/c1-15-7-9-18(14-24-15)22(27)26-25-13-16-8-10-20(21(11-16)30-3)31-23(28)17-5-4-6-19(12-17)29-2/h4-14H,1-3H3,(H,26,27)/b25-13+. The number of hydrogen-bond acceptors (Lipinski definition) is 7. The van der Waals surface area contributed by atoms with E-state index >= 15 is 0 Å². The van der Waals surface area contributed by atoms with Crippen LogP contribution in [0.1, 0.15) is 32.0 Å². The Morgan fingerprint density at radius 3 is 2.52 bits per heavy atom. The zero-order chi connectivity index (χ0) is 22.2. The molecule has 31 heavy (non-hydrogen) atoms. The van der Waals surface area contributed by atoms with Gasteiger partial charge in [-0.25, -0.2) is 10.2 Å². The molecule has 1 heterocycles. The van der Waals surface area contributed by atoms with E-state index in [1.807, 2.05) is 6.92 Å². The van der Waals surface area contributed by atoms with Gasteiger partial charge in [-0.05, 0) is 61.0 Å². The average molecular weight is 419 g/mol. The molecule has 0 radical (unpaired) electrons. The number of aryl methyl sites for hydroxylation is 1. The van der Waals surface area contributed by atoms with Gasteiger partial charge in [-0.3, -0.25) is 9.78 Å². The van der Waals surface area contributed by atoms with E-state index < -0.39 is 5.97 Å². The fourth-order valence-corrected chi connectivity index (χ4v) is 2.59. The molecule has 0 fully saturated rings. The van der Waals surface area contributed by atoms with E-state index in [0.29, 0.717) is 28.2 Å². The molecule has 0 unspecified atom stereocenters. The maximum atomic E-state index is 12.4. The molecule has 158 valence electrons. The summed E-state index contributed by atoms with van der Waals surface area (Å²) in [7, 11) is 2.99. The number of nitrogens with zero attached hydrogens (tertiary/aromatic N) is 2. The summed E-state index contributed by atoms with van der Waals surface area (Å²) in [6.45, 7) is 1.84. The van der Waals surface area contributed by atoms with Crippen molar-refractivity contribution in [1.82, 2.24) is 10.4 Å². The van der Waals surface area contributed by atoms with Crippen molar-refractivity contribution in [2.45, 2.75) is 6.92 Å². The Kier molecular flexibility index (Phi) is 6.95. The normalized spacial score (nSPS) is 10.5. The molecule has 0 aliphatic heterocycles. The lowest BCUT2D eigenvalue weighted by atomic mass is 10.2. The molecule has 1 aromatic heterocycles. The summed E-state index contributed by atoms with van der Waals surface area (Å²) in [6, 6.07) is 15.0. The number of amides is 1. The number of rotatable bonds is 7. The molecular formula is C23H21N3O5. The number of pyridine rings is 1. The van der Waals surface area contributed by atoms with Crippen molar-refractivity contribution < 1.29 is 23.8 Å². The number of esters is 1. The van der Waals surface area contributed by atoms with E-state index in [-0.39, 0.29) is 11.7 Å². The highest BCUT2D eigenvalue weighted by atomic mass is 16.6. The maximum absolute atomic E-state index is 12.4. The van der Waals surface area contributed by atoms with E-state index in [1.54, 1.807) is 54.6 Å². The van der Waals surface area contributed by atoms with Crippen LogP contribution < -0.4 is 19.6 Å². The van der Waals surface area contributed by atoms with Gasteiger partial charge in [-0.15, -0.1) is 0 Å². The Morgan fingerprint density at radius 2 is 1.81 bits per heavy atom. The van der Waals surface area contributed by atoms with Crippen LogP contribution in [0, 0.1) is 6.92 Å². The largest absolute Gasteiger partial charge is 0.497 e. The Labute approximate surface area is 179 Å². The van der Waals surface area contributed by atoms with Crippen LogP contribution in [0.2, 0.25) is 0 Å². The molecule has 0 spiro atoms. The Hall–Kier alpha value is -4.20. The van der Waals surface area contributed by atoms with Crippen LogP contribution in [0.3, 0.4) is 0 Å². The van der Waals surface area contributed by atoms with Crippen LogP contribution in [-0.2, 0) is 0 Å². The Balaban J connectivity index is 1.67. The second kappa shape index (κ2) is 10.0. The Bertz CT molecular complexity index is 1110. The third-order valence-electron chi connectivity index (χ3n) is 4.25. The fraction of sp³-hybridized carbons (Fsp3) is 0.130. The minimum Gasteiger partial charge on any atom is -0.497 e. The number of ether oxygens (including phenoxy) is 3. The molecular weight excluding hydrogens is 398 g/mol. The van der Waals surface area contributed by atoms with Crippen LogP contribution in [0.25, 0.3) is 0 Å². The van der Waals surface area contributed by atoms with Crippen molar-refractivity contribution in [3.63, 3.8) is 0 Å². The third kappa shape index (κ3) is 5.66. The number of methoxy groups -OCH3 is 2. The van der Waals surface area contributed by atoms with Gasteiger partial charge >= 0.3 is 5.97 Å². The van der Waals surface area contributed by atoms with Crippen LogP contribution >= 0.6 is 0 Å². The van der Waals surface area contributed by atoms with Gasteiger partial charge in [0.1, 0.15) is 5.75 Å². The van der Waals surface area contributed by atoms with E-state index in [2.05, 4.69) is 15.5 Å². The fourth-order valence-electron chi connectivity index (χ4n) is 2.59. The minimum atomic E-state index is -0.544.